The summed E-state index contributed by atoms with van der Waals surface area (Å²) in [6, 6.07) is 8.86. The Balaban J connectivity index is 1.69. The number of thiazole rings is 1. The van der Waals surface area contributed by atoms with Crippen molar-refractivity contribution in [3.63, 3.8) is 0 Å². The molecule has 2 aromatic carbocycles. The number of primary sulfonamides is 1. The van der Waals surface area contributed by atoms with Crippen molar-refractivity contribution in [2.45, 2.75) is 37.3 Å². The van der Waals surface area contributed by atoms with E-state index in [1.165, 1.54) is 41.8 Å². The predicted octanol–water partition coefficient (Wildman–Crippen LogP) is 5.37. The SMILES string of the molecule is CCCCCOc1ccc(Nc2nc(C(=O)Nc3ccc(S(N)(=O)=O)cc3)cs2)cc1C(F)(F)F. The molecule has 3 rings (SSSR count). The highest BCUT2D eigenvalue weighted by molar-refractivity contribution is 7.89. The molecule has 4 N–H and O–H groups in total. The number of hydrogen-bond acceptors (Lipinski definition) is 7. The van der Waals surface area contributed by atoms with Gasteiger partial charge in [-0.3, -0.25) is 4.79 Å². The van der Waals surface area contributed by atoms with Crippen molar-refractivity contribution in [2.75, 3.05) is 17.2 Å². The lowest BCUT2D eigenvalue weighted by atomic mass is 10.1. The second-order valence-corrected chi connectivity index (χ2v) is 9.87. The van der Waals surface area contributed by atoms with Crippen molar-refractivity contribution in [1.82, 2.24) is 4.98 Å². The van der Waals surface area contributed by atoms with Gasteiger partial charge in [0.05, 0.1) is 17.1 Å². The van der Waals surface area contributed by atoms with Crippen molar-refractivity contribution in [3.8, 4) is 5.75 Å². The molecule has 0 spiro atoms. The summed E-state index contributed by atoms with van der Waals surface area (Å²) in [7, 11) is -3.86. The largest absolute Gasteiger partial charge is 0.493 e. The fourth-order valence-corrected chi connectivity index (χ4v) is 4.20. The number of alkyl halides is 3. The van der Waals surface area contributed by atoms with E-state index in [2.05, 4.69) is 15.6 Å². The Kier molecular flexibility index (Phi) is 8.35. The van der Waals surface area contributed by atoms with Crippen LogP contribution >= 0.6 is 11.3 Å². The number of hydrogen-bond donors (Lipinski definition) is 3. The third-order valence-electron chi connectivity index (χ3n) is 4.72. The van der Waals surface area contributed by atoms with E-state index < -0.39 is 27.7 Å². The Morgan fingerprint density at radius 2 is 1.80 bits per heavy atom. The first-order valence-electron chi connectivity index (χ1n) is 10.5. The van der Waals surface area contributed by atoms with Gasteiger partial charge in [-0.15, -0.1) is 11.3 Å². The van der Waals surface area contributed by atoms with E-state index in [9.17, 15) is 26.4 Å². The molecule has 0 aliphatic carbocycles. The van der Waals surface area contributed by atoms with Crippen molar-refractivity contribution in [1.29, 1.82) is 0 Å². The first-order chi connectivity index (χ1) is 16.5. The topological polar surface area (TPSA) is 123 Å². The molecule has 13 heteroatoms. The van der Waals surface area contributed by atoms with Gasteiger partial charge in [-0.05, 0) is 48.9 Å². The van der Waals surface area contributed by atoms with Crippen LogP contribution in [0.3, 0.4) is 0 Å². The molecule has 0 aliphatic rings. The van der Waals surface area contributed by atoms with Crippen LogP contribution < -0.4 is 20.5 Å². The number of rotatable bonds is 10. The average molecular weight is 529 g/mol. The third kappa shape index (κ3) is 7.41. The van der Waals surface area contributed by atoms with Crippen molar-refractivity contribution in [2.24, 2.45) is 5.14 Å². The van der Waals surface area contributed by atoms with E-state index >= 15 is 0 Å². The van der Waals surface area contributed by atoms with Gasteiger partial charge in [-0.25, -0.2) is 18.5 Å². The van der Waals surface area contributed by atoms with Gasteiger partial charge in [-0.1, -0.05) is 19.8 Å². The van der Waals surface area contributed by atoms with Crippen molar-refractivity contribution in [3.05, 3.63) is 59.1 Å². The number of carbonyl (C=O) groups is 1. The summed E-state index contributed by atoms with van der Waals surface area (Å²) < 4.78 is 68.6. The standard InChI is InChI=1S/C22H23F3N4O4S2/c1-2-3-4-11-33-19-10-7-15(12-17(19)22(23,24)25)28-21-29-18(13-34-21)20(30)27-14-5-8-16(9-6-14)35(26,31)32/h5-10,12-13H,2-4,11H2,1H3,(H,27,30)(H,28,29)(H2,26,31,32). The van der Waals surface area contributed by atoms with E-state index in [0.29, 0.717) is 12.1 Å². The van der Waals surface area contributed by atoms with Gasteiger partial charge in [-0.2, -0.15) is 13.2 Å². The zero-order valence-corrected chi connectivity index (χ0v) is 20.2. The van der Waals surface area contributed by atoms with Crippen LogP contribution in [0.15, 0.2) is 52.7 Å². The Bertz CT molecular complexity index is 1280. The van der Waals surface area contributed by atoms with Gasteiger partial charge < -0.3 is 15.4 Å². The molecule has 0 atom stereocenters. The summed E-state index contributed by atoms with van der Waals surface area (Å²) in [6.45, 7) is 2.18. The summed E-state index contributed by atoms with van der Waals surface area (Å²) in [4.78, 5) is 16.4. The zero-order valence-electron chi connectivity index (χ0n) is 18.6. The van der Waals surface area contributed by atoms with Gasteiger partial charge >= 0.3 is 6.18 Å². The molecule has 1 amide bonds. The van der Waals surface area contributed by atoms with E-state index in [4.69, 9.17) is 9.88 Å². The Morgan fingerprint density at radius 3 is 2.43 bits per heavy atom. The molecular formula is C22H23F3N4O4S2. The highest BCUT2D eigenvalue weighted by Crippen LogP contribution is 2.38. The van der Waals surface area contributed by atoms with E-state index in [1.807, 2.05) is 6.92 Å². The van der Waals surface area contributed by atoms with Crippen LogP contribution in [0.5, 0.6) is 5.75 Å². The number of sulfonamides is 1. The van der Waals surface area contributed by atoms with Crippen LogP contribution in [0.4, 0.5) is 29.7 Å². The Hall–Kier alpha value is -3.16. The first-order valence-corrected chi connectivity index (χ1v) is 12.9. The maximum Gasteiger partial charge on any atom is 0.420 e. The number of nitrogens with one attached hydrogen (secondary N) is 2. The number of nitrogens with zero attached hydrogens (tertiary/aromatic N) is 1. The summed E-state index contributed by atoms with van der Waals surface area (Å²) in [5.74, 6) is -0.823. The minimum absolute atomic E-state index is 0.0277. The van der Waals surface area contributed by atoms with Gasteiger partial charge in [0, 0.05) is 16.8 Å². The van der Waals surface area contributed by atoms with E-state index in [1.54, 1.807) is 0 Å². The molecule has 0 fully saturated rings. The summed E-state index contributed by atoms with van der Waals surface area (Å²) in [6.07, 6.45) is -2.16. The molecule has 35 heavy (non-hydrogen) atoms. The molecule has 1 aromatic heterocycles. The second kappa shape index (κ2) is 11.1. The zero-order chi connectivity index (χ0) is 25.6. The smallest absolute Gasteiger partial charge is 0.420 e. The summed E-state index contributed by atoms with van der Waals surface area (Å²) in [5.41, 5.74) is -0.427. The maximum atomic E-state index is 13.5. The number of ether oxygens (including phenoxy) is 1. The highest BCUT2D eigenvalue weighted by Gasteiger charge is 2.34. The monoisotopic (exact) mass is 528 g/mol. The molecule has 0 saturated heterocycles. The van der Waals surface area contributed by atoms with Gasteiger partial charge in [0.15, 0.2) is 5.13 Å². The number of unbranched alkanes of at least 4 members (excludes halogenated alkanes) is 2. The first kappa shape index (κ1) is 26.4. The molecule has 0 bridgehead atoms. The second-order valence-electron chi connectivity index (χ2n) is 7.45. The lowest BCUT2D eigenvalue weighted by Gasteiger charge is -2.15. The van der Waals surface area contributed by atoms with Crippen LogP contribution in [-0.4, -0.2) is 25.9 Å². The number of halogens is 3. The predicted molar refractivity (Wildman–Crippen MR) is 128 cm³/mol. The number of nitrogens with two attached hydrogens (primary N) is 1. The van der Waals surface area contributed by atoms with E-state index in [-0.39, 0.29) is 33.8 Å². The Morgan fingerprint density at radius 1 is 1.11 bits per heavy atom. The Labute approximate surface area is 204 Å². The number of aromatic nitrogens is 1. The molecule has 1 heterocycles. The molecule has 3 aromatic rings. The minimum atomic E-state index is -4.61. The molecule has 0 unspecified atom stereocenters. The average Bonchev–Trinajstić information content (AvgIpc) is 3.25. The normalized spacial score (nSPS) is 11.8. The van der Waals surface area contributed by atoms with Crippen molar-refractivity contribution < 1.29 is 31.1 Å². The molecular weight excluding hydrogens is 505 g/mol. The van der Waals surface area contributed by atoms with Gasteiger partial charge in [0.1, 0.15) is 11.4 Å². The van der Waals surface area contributed by atoms with Crippen LogP contribution in [0.25, 0.3) is 0 Å². The number of amides is 1. The molecule has 0 aliphatic heterocycles. The summed E-state index contributed by atoms with van der Waals surface area (Å²) in [5, 5.41) is 12.0. The fraction of sp³-hybridized carbons (Fsp3) is 0.273. The molecule has 188 valence electrons. The molecule has 0 radical (unpaired) electrons. The number of carbonyl (C=O) groups excluding carboxylic acids is 1. The maximum absolute atomic E-state index is 13.5. The number of anilines is 3. The van der Waals surface area contributed by atoms with Gasteiger partial charge in [0.2, 0.25) is 10.0 Å². The molecule has 0 saturated carbocycles. The molecule has 8 nitrogen and oxygen atoms in total. The van der Waals surface area contributed by atoms with Gasteiger partial charge in [0.25, 0.3) is 5.91 Å². The highest BCUT2D eigenvalue weighted by atomic mass is 32.2. The van der Waals surface area contributed by atoms with Crippen LogP contribution in [0.1, 0.15) is 42.2 Å². The minimum Gasteiger partial charge on any atom is -0.493 e. The lowest BCUT2D eigenvalue weighted by molar-refractivity contribution is -0.138. The van der Waals surface area contributed by atoms with Crippen LogP contribution in [-0.2, 0) is 16.2 Å². The van der Waals surface area contributed by atoms with Crippen molar-refractivity contribution >= 4 is 43.8 Å². The lowest BCUT2D eigenvalue weighted by Crippen LogP contribution is -2.14. The van der Waals surface area contributed by atoms with Crippen LogP contribution in [0.2, 0.25) is 0 Å². The van der Waals surface area contributed by atoms with E-state index in [0.717, 1.165) is 30.2 Å². The quantitative estimate of drug-likeness (QED) is 0.304. The summed E-state index contributed by atoms with van der Waals surface area (Å²) >= 11 is 1.03. The van der Waals surface area contributed by atoms with Crippen LogP contribution in [0, 0.1) is 0 Å². The fourth-order valence-electron chi connectivity index (χ4n) is 2.97. The number of benzene rings is 2. The third-order valence-corrected chi connectivity index (χ3v) is 6.41.